The van der Waals surface area contributed by atoms with E-state index < -0.39 is 0 Å². The maximum atomic E-state index is 14.3. The molecule has 0 radical (unpaired) electrons. The maximum absolute atomic E-state index is 14.3. The lowest BCUT2D eigenvalue weighted by atomic mass is 9.90. The third-order valence-corrected chi connectivity index (χ3v) is 6.74. The van der Waals surface area contributed by atoms with Gasteiger partial charge in [0.2, 0.25) is 18.2 Å². The van der Waals surface area contributed by atoms with Crippen LogP contribution in [0.2, 0.25) is 5.02 Å². The summed E-state index contributed by atoms with van der Waals surface area (Å²) in [7, 11) is 0. The van der Waals surface area contributed by atoms with Gasteiger partial charge in [0.05, 0.1) is 30.4 Å². The van der Waals surface area contributed by atoms with Crippen molar-refractivity contribution in [2.24, 2.45) is 17.8 Å². The van der Waals surface area contributed by atoms with Gasteiger partial charge in [0.1, 0.15) is 11.6 Å². The number of aromatic nitrogens is 4. The summed E-state index contributed by atoms with van der Waals surface area (Å²) < 4.78 is 25.2. The molecule has 32 heavy (non-hydrogen) atoms. The summed E-state index contributed by atoms with van der Waals surface area (Å²) in [5.74, 6) is 3.64. The first-order valence-corrected chi connectivity index (χ1v) is 11.4. The van der Waals surface area contributed by atoms with E-state index in [1.807, 2.05) is 0 Å². The predicted molar refractivity (Wildman–Crippen MR) is 117 cm³/mol. The molecule has 5 rings (SSSR count). The molecule has 2 atom stereocenters. The molecule has 0 spiro atoms. The Balaban J connectivity index is 1.04. The summed E-state index contributed by atoms with van der Waals surface area (Å²) in [6.07, 6.45) is 9.44. The van der Waals surface area contributed by atoms with E-state index in [-0.39, 0.29) is 12.2 Å². The van der Waals surface area contributed by atoms with Crippen molar-refractivity contribution in [2.45, 2.75) is 32.1 Å². The lowest BCUT2D eigenvalue weighted by Crippen LogP contribution is -2.35. The molecular weight excluding hydrogens is 433 g/mol. The predicted octanol–water partition coefficient (Wildman–Crippen LogP) is 4.56. The van der Waals surface area contributed by atoms with Crippen molar-refractivity contribution in [3.8, 4) is 5.75 Å². The van der Waals surface area contributed by atoms with Crippen LogP contribution in [-0.2, 0) is 6.42 Å². The topological polar surface area (TPSA) is 77.2 Å². The van der Waals surface area contributed by atoms with Crippen LogP contribution >= 0.6 is 11.6 Å². The summed E-state index contributed by atoms with van der Waals surface area (Å²) in [5, 5.41) is 7.97. The van der Waals surface area contributed by atoms with Crippen LogP contribution in [0.25, 0.3) is 0 Å². The molecule has 1 saturated heterocycles. The average Bonchev–Trinajstić information content (AvgIpc) is 3.39. The van der Waals surface area contributed by atoms with Gasteiger partial charge in [0.15, 0.2) is 0 Å². The number of nitrogens with zero attached hydrogens (tertiary/aromatic N) is 5. The molecule has 1 aromatic carbocycles. The molecule has 7 nitrogen and oxygen atoms in total. The fourth-order valence-corrected chi connectivity index (χ4v) is 4.80. The number of piperidine rings is 1. The van der Waals surface area contributed by atoms with Crippen molar-refractivity contribution in [1.82, 2.24) is 20.2 Å². The third kappa shape index (κ3) is 5.01. The lowest BCUT2D eigenvalue weighted by molar-refractivity contribution is 0.283. The molecule has 168 valence electrons. The second kappa shape index (κ2) is 9.40. The SMILES string of the molecule is Fc1cc(OCC[C@@H]2C[C@@H]2C2CCN(c3ncc(Cl)cn3)CC2)ccc1Cc1nnco1. The Morgan fingerprint density at radius 3 is 2.72 bits per heavy atom. The van der Waals surface area contributed by atoms with E-state index in [0.717, 1.165) is 37.3 Å². The average molecular weight is 458 g/mol. The van der Waals surface area contributed by atoms with Crippen LogP contribution in [0.15, 0.2) is 41.4 Å². The van der Waals surface area contributed by atoms with Crippen LogP contribution in [0.3, 0.4) is 0 Å². The van der Waals surface area contributed by atoms with E-state index in [2.05, 4.69) is 25.1 Å². The molecule has 0 unspecified atom stereocenters. The van der Waals surface area contributed by atoms with Gasteiger partial charge in [0, 0.05) is 19.2 Å². The van der Waals surface area contributed by atoms with Gasteiger partial charge in [-0.15, -0.1) is 10.2 Å². The number of benzene rings is 1. The van der Waals surface area contributed by atoms with E-state index in [9.17, 15) is 4.39 Å². The maximum Gasteiger partial charge on any atom is 0.225 e. The van der Waals surface area contributed by atoms with Gasteiger partial charge in [0.25, 0.3) is 0 Å². The molecule has 3 aromatic rings. The van der Waals surface area contributed by atoms with E-state index in [1.54, 1.807) is 24.5 Å². The van der Waals surface area contributed by atoms with Crippen LogP contribution in [0.5, 0.6) is 5.75 Å². The molecule has 0 N–H and O–H groups in total. The summed E-state index contributed by atoms with van der Waals surface area (Å²) in [6.45, 7) is 2.59. The minimum atomic E-state index is -0.318. The fourth-order valence-electron chi connectivity index (χ4n) is 4.70. The van der Waals surface area contributed by atoms with Gasteiger partial charge in [-0.3, -0.25) is 0 Å². The van der Waals surface area contributed by atoms with Crippen molar-refractivity contribution >= 4 is 17.5 Å². The van der Waals surface area contributed by atoms with Crippen LogP contribution in [0.4, 0.5) is 10.3 Å². The first kappa shape index (κ1) is 21.1. The molecule has 2 aliphatic rings. The van der Waals surface area contributed by atoms with Gasteiger partial charge in [-0.05, 0) is 55.1 Å². The Kier molecular flexibility index (Phi) is 6.21. The summed E-state index contributed by atoms with van der Waals surface area (Å²) in [5.41, 5.74) is 0.513. The van der Waals surface area contributed by atoms with Crippen LogP contribution < -0.4 is 9.64 Å². The van der Waals surface area contributed by atoms with Crippen molar-refractivity contribution < 1.29 is 13.5 Å². The molecule has 1 aliphatic heterocycles. The monoisotopic (exact) mass is 457 g/mol. The highest BCUT2D eigenvalue weighted by atomic mass is 35.5. The van der Waals surface area contributed by atoms with Crippen molar-refractivity contribution in [2.75, 3.05) is 24.6 Å². The summed E-state index contributed by atoms with van der Waals surface area (Å²) in [6, 6.07) is 4.95. The van der Waals surface area contributed by atoms with E-state index >= 15 is 0 Å². The Morgan fingerprint density at radius 1 is 1.19 bits per heavy atom. The zero-order chi connectivity index (χ0) is 21.9. The molecule has 2 aromatic heterocycles. The van der Waals surface area contributed by atoms with Crippen LogP contribution in [0.1, 0.15) is 37.1 Å². The Labute approximate surface area is 191 Å². The number of hydrogen-bond acceptors (Lipinski definition) is 7. The van der Waals surface area contributed by atoms with Gasteiger partial charge in [-0.1, -0.05) is 17.7 Å². The fraction of sp³-hybridized carbons (Fsp3) is 0.478. The number of hydrogen-bond donors (Lipinski definition) is 0. The number of halogens is 2. The summed E-state index contributed by atoms with van der Waals surface area (Å²) >= 11 is 5.88. The van der Waals surface area contributed by atoms with Gasteiger partial charge in [-0.2, -0.15) is 0 Å². The van der Waals surface area contributed by atoms with Gasteiger partial charge in [-0.25, -0.2) is 14.4 Å². The first-order valence-electron chi connectivity index (χ1n) is 11.0. The van der Waals surface area contributed by atoms with Gasteiger partial charge >= 0.3 is 0 Å². The van der Waals surface area contributed by atoms with Crippen molar-refractivity contribution in [3.05, 3.63) is 59.3 Å². The van der Waals surface area contributed by atoms with E-state index in [0.29, 0.717) is 34.8 Å². The highest BCUT2D eigenvalue weighted by Crippen LogP contribution is 2.49. The van der Waals surface area contributed by atoms with Crippen LogP contribution in [0, 0.1) is 23.6 Å². The Bertz CT molecular complexity index is 1030. The van der Waals surface area contributed by atoms with Gasteiger partial charge < -0.3 is 14.1 Å². The van der Waals surface area contributed by atoms with E-state index in [1.165, 1.54) is 31.7 Å². The summed E-state index contributed by atoms with van der Waals surface area (Å²) in [4.78, 5) is 10.9. The van der Waals surface area contributed by atoms with E-state index in [4.69, 9.17) is 20.8 Å². The smallest absolute Gasteiger partial charge is 0.225 e. The Hall–Kier alpha value is -2.74. The molecular formula is C23H25ClFN5O2. The molecule has 2 fully saturated rings. The highest BCUT2D eigenvalue weighted by molar-refractivity contribution is 6.30. The largest absolute Gasteiger partial charge is 0.493 e. The second-order valence-electron chi connectivity index (χ2n) is 8.58. The second-order valence-corrected chi connectivity index (χ2v) is 9.02. The zero-order valence-corrected chi connectivity index (χ0v) is 18.4. The molecule has 3 heterocycles. The quantitative estimate of drug-likeness (QED) is 0.490. The number of rotatable bonds is 8. The zero-order valence-electron chi connectivity index (χ0n) is 17.7. The first-order chi connectivity index (χ1) is 15.7. The minimum Gasteiger partial charge on any atom is -0.493 e. The highest BCUT2D eigenvalue weighted by Gasteiger charge is 2.43. The van der Waals surface area contributed by atoms with Crippen molar-refractivity contribution in [1.29, 1.82) is 0 Å². The number of ether oxygens (including phenoxy) is 1. The third-order valence-electron chi connectivity index (χ3n) is 6.54. The molecule has 1 aliphatic carbocycles. The standard InChI is InChI=1S/C23H25ClFN5O2/c24-18-12-26-23(27-13-18)30-6-3-15(4-7-30)20-9-16(20)5-8-31-19-2-1-17(21(25)11-19)10-22-29-28-14-32-22/h1-2,11-16,20H,3-10H2/t16-,20-/m1/s1. The Morgan fingerprint density at radius 2 is 2.00 bits per heavy atom. The normalized spacial score (nSPS) is 21.0. The van der Waals surface area contributed by atoms with Crippen molar-refractivity contribution in [3.63, 3.8) is 0 Å². The van der Waals surface area contributed by atoms with Crippen LogP contribution in [-0.4, -0.2) is 39.9 Å². The molecule has 0 amide bonds. The molecule has 1 saturated carbocycles. The lowest BCUT2D eigenvalue weighted by Gasteiger charge is -2.32. The minimum absolute atomic E-state index is 0.277. The molecule has 0 bridgehead atoms. The number of anilines is 1. The molecule has 9 heteroatoms.